The fraction of sp³-hybridized carbons (Fsp3) is 0.368. The maximum Gasteiger partial charge on any atom is 0.282 e. The molecule has 3 heterocycles. The van der Waals surface area contributed by atoms with Crippen molar-refractivity contribution in [3.05, 3.63) is 30.0 Å². The number of alkyl halides is 2. The van der Waals surface area contributed by atoms with Crippen molar-refractivity contribution < 1.29 is 18.3 Å². The lowest BCUT2D eigenvalue weighted by Crippen LogP contribution is -2.57. The number of carbonyl (C=O) groups is 1. The third kappa shape index (κ3) is 3.14. The number of hydrogen-bond acceptors (Lipinski definition) is 7. The van der Waals surface area contributed by atoms with Crippen molar-refractivity contribution in [2.24, 2.45) is 5.92 Å². The van der Waals surface area contributed by atoms with Gasteiger partial charge in [0.05, 0.1) is 31.9 Å². The van der Waals surface area contributed by atoms with Crippen LogP contribution in [0.4, 0.5) is 26.4 Å². The summed E-state index contributed by atoms with van der Waals surface area (Å²) in [6.07, 6.45) is 3.33. The van der Waals surface area contributed by atoms with E-state index in [1.54, 1.807) is 0 Å². The molecule has 5 rings (SSSR count). The Balaban J connectivity index is 1.42. The van der Waals surface area contributed by atoms with Gasteiger partial charge in [0.25, 0.3) is 5.92 Å². The third-order valence-corrected chi connectivity index (χ3v) is 5.36. The topological polar surface area (TPSA) is 96.0 Å². The first-order chi connectivity index (χ1) is 14.0. The molecule has 150 valence electrons. The van der Waals surface area contributed by atoms with Crippen LogP contribution >= 0.6 is 0 Å². The third-order valence-electron chi connectivity index (χ3n) is 5.36. The molecule has 1 saturated heterocycles. The van der Waals surface area contributed by atoms with Crippen LogP contribution < -0.4 is 15.0 Å². The lowest BCUT2D eigenvalue weighted by molar-refractivity contribution is -0.108. The summed E-state index contributed by atoms with van der Waals surface area (Å²) in [5, 5.41) is 11.2. The Hall–Kier alpha value is -3.30. The van der Waals surface area contributed by atoms with Crippen LogP contribution in [0, 0.1) is 5.92 Å². The zero-order chi connectivity index (χ0) is 20.2. The highest BCUT2D eigenvalue weighted by molar-refractivity contribution is 5.92. The monoisotopic (exact) mass is 400 g/mol. The van der Waals surface area contributed by atoms with Gasteiger partial charge in [0.1, 0.15) is 6.29 Å². The molecular formula is C19H18F2N6O2. The Morgan fingerprint density at radius 1 is 1.34 bits per heavy atom. The van der Waals surface area contributed by atoms with E-state index in [0.29, 0.717) is 17.4 Å². The fourth-order valence-corrected chi connectivity index (χ4v) is 3.63. The van der Waals surface area contributed by atoms with Crippen molar-refractivity contribution in [2.75, 3.05) is 30.4 Å². The summed E-state index contributed by atoms with van der Waals surface area (Å²) in [6.45, 7) is -0.814. The largest absolute Gasteiger partial charge is 0.491 e. The number of ether oxygens (including phenoxy) is 1. The molecule has 1 aliphatic carbocycles. The molecule has 3 aromatic rings. The van der Waals surface area contributed by atoms with Crippen LogP contribution in [-0.4, -0.2) is 52.6 Å². The SMILES string of the molecule is COc1cnc(N2CC(F)(F)C2)nc1Nc1n[nH]c2cc([C@@H]3CC3C=O)ccc12. The predicted molar refractivity (Wildman–Crippen MR) is 102 cm³/mol. The highest BCUT2D eigenvalue weighted by Crippen LogP contribution is 2.46. The molecule has 0 radical (unpaired) electrons. The number of rotatable bonds is 6. The molecule has 1 unspecified atom stereocenters. The number of methoxy groups -OCH3 is 1. The molecule has 0 bridgehead atoms. The molecule has 1 aromatic carbocycles. The number of nitrogens with zero attached hydrogens (tertiary/aromatic N) is 4. The number of aromatic amines is 1. The second-order valence-corrected chi connectivity index (χ2v) is 7.44. The molecule has 2 fully saturated rings. The second-order valence-electron chi connectivity index (χ2n) is 7.44. The zero-order valence-electron chi connectivity index (χ0n) is 15.5. The number of H-pyrrole nitrogens is 1. The van der Waals surface area contributed by atoms with Crippen molar-refractivity contribution in [2.45, 2.75) is 18.3 Å². The van der Waals surface area contributed by atoms with E-state index in [2.05, 4.69) is 25.5 Å². The smallest absolute Gasteiger partial charge is 0.282 e. The summed E-state index contributed by atoms with van der Waals surface area (Å²) in [4.78, 5) is 20.8. The van der Waals surface area contributed by atoms with Gasteiger partial charge in [0.2, 0.25) is 5.95 Å². The maximum absolute atomic E-state index is 13.2. The summed E-state index contributed by atoms with van der Waals surface area (Å²) in [5.74, 6) is -0.881. The van der Waals surface area contributed by atoms with E-state index in [-0.39, 0.29) is 17.8 Å². The van der Waals surface area contributed by atoms with Gasteiger partial charge in [0.15, 0.2) is 17.4 Å². The van der Waals surface area contributed by atoms with E-state index < -0.39 is 19.0 Å². The Bertz CT molecular complexity index is 1090. The summed E-state index contributed by atoms with van der Waals surface area (Å²) >= 11 is 0. The van der Waals surface area contributed by atoms with Crippen LogP contribution in [0.5, 0.6) is 5.75 Å². The van der Waals surface area contributed by atoms with Gasteiger partial charge < -0.3 is 19.7 Å². The zero-order valence-corrected chi connectivity index (χ0v) is 15.5. The van der Waals surface area contributed by atoms with Crippen molar-refractivity contribution >= 4 is 34.8 Å². The van der Waals surface area contributed by atoms with E-state index >= 15 is 0 Å². The molecular weight excluding hydrogens is 382 g/mol. The molecule has 2 aliphatic rings. The number of nitrogens with one attached hydrogen (secondary N) is 2. The second kappa shape index (κ2) is 6.36. The quantitative estimate of drug-likeness (QED) is 0.614. The summed E-state index contributed by atoms with van der Waals surface area (Å²) < 4.78 is 31.6. The molecule has 1 aliphatic heterocycles. The average molecular weight is 400 g/mol. The number of fused-ring (bicyclic) bond motifs is 1. The average Bonchev–Trinajstić information content (AvgIpc) is 3.39. The van der Waals surface area contributed by atoms with Crippen LogP contribution in [0.2, 0.25) is 0 Å². The lowest BCUT2D eigenvalue weighted by Gasteiger charge is -2.38. The number of carbonyl (C=O) groups excluding carboxylic acids is 1. The van der Waals surface area contributed by atoms with Crippen molar-refractivity contribution in [3.8, 4) is 5.75 Å². The van der Waals surface area contributed by atoms with E-state index in [1.165, 1.54) is 18.2 Å². The van der Waals surface area contributed by atoms with Crippen LogP contribution in [-0.2, 0) is 4.79 Å². The molecule has 0 amide bonds. The summed E-state index contributed by atoms with van der Waals surface area (Å²) in [7, 11) is 1.48. The minimum Gasteiger partial charge on any atom is -0.491 e. The Kier molecular flexibility index (Phi) is 3.90. The van der Waals surface area contributed by atoms with Gasteiger partial charge in [-0.05, 0) is 30.0 Å². The summed E-state index contributed by atoms with van der Waals surface area (Å²) in [6, 6.07) is 5.91. The van der Waals surface area contributed by atoms with Gasteiger partial charge in [0, 0.05) is 11.3 Å². The van der Waals surface area contributed by atoms with Crippen LogP contribution in [0.1, 0.15) is 17.9 Å². The molecule has 1 saturated carbocycles. The number of halogens is 2. The van der Waals surface area contributed by atoms with Gasteiger partial charge in [-0.3, -0.25) is 5.10 Å². The standard InChI is InChI=1S/C19H18F2N6O2/c1-29-15-6-22-18(27-8-19(20,21)9-27)24-17(15)23-16-12-3-2-10(5-14(12)25-26-16)13-4-11(13)7-28/h2-3,5-7,11,13H,4,8-9H2,1H3,(H2,22,23,24,25,26)/t11?,13-/m0/s1. The number of anilines is 3. The molecule has 29 heavy (non-hydrogen) atoms. The molecule has 10 heteroatoms. The minimum absolute atomic E-state index is 0.102. The molecule has 2 aromatic heterocycles. The fourth-order valence-electron chi connectivity index (χ4n) is 3.63. The first kappa shape index (κ1) is 17.8. The molecule has 2 N–H and O–H groups in total. The predicted octanol–water partition coefficient (Wildman–Crippen LogP) is 2.86. The van der Waals surface area contributed by atoms with E-state index in [0.717, 1.165) is 29.2 Å². The van der Waals surface area contributed by atoms with E-state index in [1.807, 2.05) is 18.2 Å². The molecule has 8 nitrogen and oxygen atoms in total. The first-order valence-corrected chi connectivity index (χ1v) is 9.21. The summed E-state index contributed by atoms with van der Waals surface area (Å²) in [5.41, 5.74) is 1.93. The minimum atomic E-state index is -2.71. The highest BCUT2D eigenvalue weighted by atomic mass is 19.3. The van der Waals surface area contributed by atoms with Crippen LogP contribution in [0.25, 0.3) is 10.9 Å². The highest BCUT2D eigenvalue weighted by Gasteiger charge is 2.45. The number of aldehydes is 1. The number of aromatic nitrogens is 4. The Morgan fingerprint density at radius 2 is 2.17 bits per heavy atom. The molecule has 0 spiro atoms. The Labute approximate surface area is 164 Å². The van der Waals surface area contributed by atoms with Crippen LogP contribution in [0.15, 0.2) is 24.4 Å². The lowest BCUT2D eigenvalue weighted by atomic mass is 10.1. The van der Waals surface area contributed by atoms with Gasteiger partial charge in [-0.25, -0.2) is 13.8 Å². The Morgan fingerprint density at radius 3 is 2.86 bits per heavy atom. The van der Waals surface area contributed by atoms with Gasteiger partial charge in [-0.2, -0.15) is 10.1 Å². The van der Waals surface area contributed by atoms with Gasteiger partial charge in [-0.15, -0.1) is 0 Å². The number of hydrogen-bond donors (Lipinski definition) is 2. The molecule has 2 atom stereocenters. The number of benzene rings is 1. The van der Waals surface area contributed by atoms with E-state index in [4.69, 9.17) is 4.74 Å². The van der Waals surface area contributed by atoms with Gasteiger partial charge in [-0.1, -0.05) is 6.07 Å². The van der Waals surface area contributed by atoms with Crippen LogP contribution in [0.3, 0.4) is 0 Å². The van der Waals surface area contributed by atoms with E-state index in [9.17, 15) is 13.6 Å². The normalized spacial score (nSPS) is 22.2. The van der Waals surface area contributed by atoms with Crippen molar-refractivity contribution in [1.29, 1.82) is 0 Å². The van der Waals surface area contributed by atoms with Crippen molar-refractivity contribution in [3.63, 3.8) is 0 Å². The van der Waals surface area contributed by atoms with Crippen molar-refractivity contribution in [1.82, 2.24) is 20.2 Å². The first-order valence-electron chi connectivity index (χ1n) is 9.21. The van der Waals surface area contributed by atoms with Gasteiger partial charge >= 0.3 is 0 Å². The maximum atomic E-state index is 13.2.